The van der Waals surface area contributed by atoms with Crippen LogP contribution in [0.4, 0.5) is 5.69 Å². The number of carbonyl (C=O) groups excluding carboxylic acids is 1. The summed E-state index contributed by atoms with van der Waals surface area (Å²) in [5.74, 6) is 1.16. The van der Waals surface area contributed by atoms with Crippen molar-refractivity contribution in [2.75, 3.05) is 32.1 Å². The van der Waals surface area contributed by atoms with Crippen molar-refractivity contribution in [3.8, 4) is 5.75 Å². The Balaban J connectivity index is 2.05. The van der Waals surface area contributed by atoms with Gasteiger partial charge in [0.1, 0.15) is 11.3 Å². The van der Waals surface area contributed by atoms with E-state index >= 15 is 0 Å². The molecule has 1 aromatic rings. The fourth-order valence-electron chi connectivity index (χ4n) is 3.02. The second kappa shape index (κ2) is 7.01. The number of anilines is 1. The third-order valence-corrected chi connectivity index (χ3v) is 4.28. The maximum Gasteiger partial charge on any atom is 0.243 e. The average Bonchev–Trinajstić information content (AvgIpc) is 2.49. The van der Waals surface area contributed by atoms with Crippen LogP contribution in [0.25, 0.3) is 0 Å². The van der Waals surface area contributed by atoms with Gasteiger partial charge in [0.15, 0.2) is 0 Å². The van der Waals surface area contributed by atoms with Gasteiger partial charge in [0.25, 0.3) is 0 Å². The number of nitrogens with zero attached hydrogens (tertiary/aromatic N) is 1. The molecule has 3 N–H and O–H groups in total. The second-order valence-electron chi connectivity index (χ2n) is 6.49. The molecule has 0 spiro atoms. The van der Waals surface area contributed by atoms with Crippen molar-refractivity contribution < 1.29 is 9.53 Å². The smallest absolute Gasteiger partial charge is 0.243 e. The van der Waals surface area contributed by atoms with E-state index in [1.54, 1.807) is 7.11 Å². The van der Waals surface area contributed by atoms with Gasteiger partial charge in [0.05, 0.1) is 7.11 Å². The van der Waals surface area contributed by atoms with E-state index < -0.39 is 5.54 Å². The number of amides is 1. The number of hydrogen-bond donors (Lipinski definition) is 2. The molecule has 0 saturated carbocycles. The third-order valence-electron chi connectivity index (χ3n) is 4.28. The molecule has 0 unspecified atom stereocenters. The average molecular weight is 305 g/mol. The lowest BCUT2D eigenvalue weighted by Crippen LogP contribution is -2.57. The van der Waals surface area contributed by atoms with Crippen LogP contribution in [-0.2, 0) is 4.79 Å². The number of nitrogens with one attached hydrogen (secondary N) is 1. The van der Waals surface area contributed by atoms with Gasteiger partial charge in [-0.1, -0.05) is 13.8 Å². The largest absolute Gasteiger partial charge is 0.497 e. The molecule has 122 valence electrons. The highest BCUT2D eigenvalue weighted by Crippen LogP contribution is 2.28. The zero-order chi connectivity index (χ0) is 16.2. The molecule has 5 nitrogen and oxygen atoms in total. The van der Waals surface area contributed by atoms with Crippen molar-refractivity contribution >= 4 is 11.6 Å². The summed E-state index contributed by atoms with van der Waals surface area (Å²) < 4.78 is 5.16. The van der Waals surface area contributed by atoms with Gasteiger partial charge in [0, 0.05) is 25.3 Å². The molecule has 0 atom stereocenters. The van der Waals surface area contributed by atoms with Gasteiger partial charge < -0.3 is 20.7 Å². The van der Waals surface area contributed by atoms with Crippen LogP contribution in [0.2, 0.25) is 0 Å². The SMILES string of the molecule is COc1ccc(NC2(C(N)=O)CCN(CC(C)C)CC2)cc1. The predicted molar refractivity (Wildman–Crippen MR) is 89.1 cm³/mol. The molecule has 2 rings (SSSR count). The molecular formula is C17H27N3O2. The van der Waals surface area contributed by atoms with E-state index in [2.05, 4.69) is 24.1 Å². The molecule has 1 amide bonds. The number of benzene rings is 1. The fraction of sp³-hybridized carbons (Fsp3) is 0.588. The monoisotopic (exact) mass is 305 g/mol. The lowest BCUT2D eigenvalue weighted by molar-refractivity contribution is -0.123. The van der Waals surface area contributed by atoms with Crippen molar-refractivity contribution in [1.82, 2.24) is 4.90 Å². The summed E-state index contributed by atoms with van der Waals surface area (Å²) in [6, 6.07) is 7.60. The number of hydrogen-bond acceptors (Lipinski definition) is 4. The Hall–Kier alpha value is -1.75. The van der Waals surface area contributed by atoms with Crippen LogP contribution in [0, 0.1) is 5.92 Å². The zero-order valence-electron chi connectivity index (χ0n) is 13.8. The minimum absolute atomic E-state index is 0.271. The number of rotatable bonds is 6. The highest BCUT2D eigenvalue weighted by atomic mass is 16.5. The molecule has 1 heterocycles. The number of carbonyl (C=O) groups is 1. The molecule has 1 fully saturated rings. The van der Waals surface area contributed by atoms with Crippen LogP contribution in [0.1, 0.15) is 26.7 Å². The Kier molecular flexibility index (Phi) is 5.29. The van der Waals surface area contributed by atoms with Crippen molar-refractivity contribution in [3.63, 3.8) is 0 Å². The van der Waals surface area contributed by atoms with Gasteiger partial charge >= 0.3 is 0 Å². The molecule has 1 saturated heterocycles. The van der Waals surface area contributed by atoms with Crippen LogP contribution in [0.3, 0.4) is 0 Å². The van der Waals surface area contributed by atoms with Crippen LogP contribution >= 0.6 is 0 Å². The molecule has 5 heteroatoms. The number of methoxy groups -OCH3 is 1. The molecule has 22 heavy (non-hydrogen) atoms. The minimum atomic E-state index is -0.651. The lowest BCUT2D eigenvalue weighted by Gasteiger charge is -2.41. The van der Waals surface area contributed by atoms with E-state index in [1.165, 1.54) is 0 Å². The summed E-state index contributed by atoms with van der Waals surface area (Å²) in [6.07, 6.45) is 1.47. The van der Waals surface area contributed by atoms with E-state index in [0.29, 0.717) is 5.92 Å². The standard InChI is InChI=1S/C17H27N3O2/c1-13(2)12-20-10-8-17(9-11-20,16(18)21)19-14-4-6-15(22-3)7-5-14/h4-7,13,19H,8-12H2,1-3H3,(H2,18,21). The minimum Gasteiger partial charge on any atom is -0.497 e. The first-order chi connectivity index (χ1) is 10.4. The van der Waals surface area contributed by atoms with Gasteiger partial charge in [-0.2, -0.15) is 0 Å². The molecule has 1 aliphatic heterocycles. The molecule has 1 aliphatic rings. The quantitative estimate of drug-likeness (QED) is 0.844. The van der Waals surface area contributed by atoms with Crippen molar-refractivity contribution in [3.05, 3.63) is 24.3 Å². The lowest BCUT2D eigenvalue weighted by atomic mass is 9.86. The zero-order valence-corrected chi connectivity index (χ0v) is 13.8. The Morgan fingerprint density at radius 1 is 1.32 bits per heavy atom. The second-order valence-corrected chi connectivity index (χ2v) is 6.49. The van der Waals surface area contributed by atoms with Crippen LogP contribution in [0.15, 0.2) is 24.3 Å². The topological polar surface area (TPSA) is 67.6 Å². The Bertz CT molecular complexity index is 491. The van der Waals surface area contributed by atoms with Crippen LogP contribution in [0.5, 0.6) is 5.75 Å². The molecule has 0 bridgehead atoms. The molecule has 0 aliphatic carbocycles. The molecule has 0 aromatic heterocycles. The fourth-order valence-corrected chi connectivity index (χ4v) is 3.02. The summed E-state index contributed by atoms with van der Waals surface area (Å²) in [7, 11) is 1.64. The Morgan fingerprint density at radius 3 is 2.36 bits per heavy atom. The highest BCUT2D eigenvalue weighted by molar-refractivity contribution is 5.88. The number of ether oxygens (including phenoxy) is 1. The molecular weight excluding hydrogens is 278 g/mol. The van der Waals surface area contributed by atoms with Crippen LogP contribution in [-0.4, -0.2) is 43.1 Å². The summed E-state index contributed by atoms with van der Waals surface area (Å²) in [6.45, 7) is 7.28. The van der Waals surface area contributed by atoms with Crippen molar-refractivity contribution in [2.24, 2.45) is 11.7 Å². The van der Waals surface area contributed by atoms with E-state index in [4.69, 9.17) is 10.5 Å². The van der Waals surface area contributed by atoms with E-state index in [0.717, 1.165) is 43.9 Å². The van der Waals surface area contributed by atoms with Gasteiger partial charge in [0.2, 0.25) is 5.91 Å². The Labute approximate surface area is 132 Å². The normalized spacial score (nSPS) is 18.2. The third kappa shape index (κ3) is 3.91. The maximum atomic E-state index is 12.0. The van der Waals surface area contributed by atoms with Gasteiger partial charge in [-0.3, -0.25) is 4.79 Å². The van der Waals surface area contributed by atoms with E-state index in [-0.39, 0.29) is 5.91 Å². The van der Waals surface area contributed by atoms with Crippen LogP contribution < -0.4 is 15.8 Å². The number of nitrogens with two attached hydrogens (primary N) is 1. The van der Waals surface area contributed by atoms with E-state index in [1.807, 2.05) is 24.3 Å². The first-order valence-corrected chi connectivity index (χ1v) is 7.90. The number of primary amides is 1. The number of piperidine rings is 1. The summed E-state index contributed by atoms with van der Waals surface area (Å²) in [5, 5.41) is 3.36. The van der Waals surface area contributed by atoms with Gasteiger partial charge in [-0.05, 0) is 43.0 Å². The first-order valence-electron chi connectivity index (χ1n) is 7.90. The summed E-state index contributed by atoms with van der Waals surface area (Å²) in [4.78, 5) is 14.5. The van der Waals surface area contributed by atoms with E-state index in [9.17, 15) is 4.79 Å². The summed E-state index contributed by atoms with van der Waals surface area (Å²) in [5.41, 5.74) is 5.96. The number of likely N-dealkylation sites (tertiary alicyclic amines) is 1. The highest BCUT2D eigenvalue weighted by Gasteiger charge is 2.39. The van der Waals surface area contributed by atoms with Gasteiger partial charge in [-0.15, -0.1) is 0 Å². The van der Waals surface area contributed by atoms with Gasteiger partial charge in [-0.25, -0.2) is 0 Å². The summed E-state index contributed by atoms with van der Waals surface area (Å²) >= 11 is 0. The van der Waals surface area contributed by atoms with Crippen molar-refractivity contribution in [1.29, 1.82) is 0 Å². The maximum absolute atomic E-state index is 12.0. The predicted octanol–water partition coefficient (Wildman–Crippen LogP) is 2.08. The Morgan fingerprint density at radius 2 is 1.91 bits per heavy atom. The molecule has 0 radical (unpaired) electrons. The first kappa shape index (κ1) is 16.6. The molecule has 1 aromatic carbocycles. The van der Waals surface area contributed by atoms with Crippen molar-refractivity contribution in [2.45, 2.75) is 32.2 Å².